The number of aromatic nitrogens is 1. The predicted octanol–water partition coefficient (Wildman–Crippen LogP) is 2.42. The molecule has 0 fully saturated rings. The lowest BCUT2D eigenvalue weighted by Gasteiger charge is -2.08. The number of sulfonamides is 1. The lowest BCUT2D eigenvalue weighted by atomic mass is 10.2. The van der Waals surface area contributed by atoms with Gasteiger partial charge in [0.05, 0.1) is 10.4 Å². The van der Waals surface area contributed by atoms with Gasteiger partial charge in [-0.2, -0.15) is 0 Å². The van der Waals surface area contributed by atoms with E-state index in [1.165, 1.54) is 0 Å². The van der Waals surface area contributed by atoms with Crippen LogP contribution in [-0.2, 0) is 10.0 Å². The normalized spacial score (nSPS) is 11.6. The second-order valence-electron chi connectivity index (χ2n) is 3.67. The fourth-order valence-electron chi connectivity index (χ4n) is 1.56. The Kier molecular flexibility index (Phi) is 3.79. The zero-order valence-electron chi connectivity index (χ0n) is 9.43. The number of nitrogens with zero attached hydrogens (tertiary/aromatic N) is 1. The maximum Gasteiger partial charge on any atom is 0.241 e. The Hall–Kier alpha value is -1.24. The summed E-state index contributed by atoms with van der Waals surface area (Å²) in [6.07, 6.45) is 1.63. The molecule has 18 heavy (non-hydrogen) atoms. The van der Waals surface area contributed by atoms with Gasteiger partial charge >= 0.3 is 0 Å². The second-order valence-corrected chi connectivity index (χ2v) is 6.52. The third kappa shape index (κ3) is 2.77. The molecule has 4 nitrogen and oxygen atoms in total. The van der Waals surface area contributed by atoms with E-state index in [9.17, 15) is 8.42 Å². The van der Waals surface area contributed by atoms with Gasteiger partial charge in [-0.25, -0.2) is 13.1 Å². The standard InChI is InChI=1S/C12H11BrN2O2S/c1-9(13)8-15-18(16,17)12-6-2-5-11-10(12)4-3-7-14-11/h2-7,15H,1,8H2. The first-order valence-corrected chi connectivity index (χ1v) is 7.45. The van der Waals surface area contributed by atoms with E-state index in [0.29, 0.717) is 15.4 Å². The molecule has 2 rings (SSSR count). The molecular formula is C12H11BrN2O2S. The first-order chi connectivity index (χ1) is 8.50. The first kappa shape index (κ1) is 13.2. The van der Waals surface area contributed by atoms with E-state index in [-0.39, 0.29) is 11.4 Å². The van der Waals surface area contributed by atoms with Gasteiger partial charge in [-0.1, -0.05) is 28.6 Å². The van der Waals surface area contributed by atoms with Gasteiger partial charge in [0.2, 0.25) is 10.0 Å². The van der Waals surface area contributed by atoms with Crippen molar-refractivity contribution in [1.82, 2.24) is 9.71 Å². The highest BCUT2D eigenvalue weighted by atomic mass is 79.9. The lowest BCUT2D eigenvalue weighted by Crippen LogP contribution is -2.25. The van der Waals surface area contributed by atoms with Crippen LogP contribution in [0.3, 0.4) is 0 Å². The number of hydrogen-bond acceptors (Lipinski definition) is 3. The van der Waals surface area contributed by atoms with Gasteiger partial charge in [-0.05, 0) is 24.3 Å². The van der Waals surface area contributed by atoms with Gasteiger partial charge < -0.3 is 0 Å². The molecule has 1 heterocycles. The van der Waals surface area contributed by atoms with Crippen LogP contribution in [0.4, 0.5) is 0 Å². The lowest BCUT2D eigenvalue weighted by molar-refractivity contribution is 0.586. The molecule has 1 aromatic heterocycles. The van der Waals surface area contributed by atoms with Gasteiger partial charge in [0.1, 0.15) is 0 Å². The smallest absolute Gasteiger partial charge is 0.241 e. The first-order valence-electron chi connectivity index (χ1n) is 5.17. The van der Waals surface area contributed by atoms with E-state index >= 15 is 0 Å². The highest BCUT2D eigenvalue weighted by Crippen LogP contribution is 2.21. The average Bonchev–Trinajstić information content (AvgIpc) is 2.36. The van der Waals surface area contributed by atoms with E-state index in [2.05, 4.69) is 32.2 Å². The van der Waals surface area contributed by atoms with Gasteiger partial charge in [0.15, 0.2) is 0 Å². The molecular weight excluding hydrogens is 316 g/mol. The number of benzene rings is 1. The molecule has 0 atom stereocenters. The highest BCUT2D eigenvalue weighted by molar-refractivity contribution is 9.11. The van der Waals surface area contributed by atoms with Crippen LogP contribution < -0.4 is 4.72 Å². The van der Waals surface area contributed by atoms with Gasteiger partial charge in [0, 0.05) is 22.6 Å². The van der Waals surface area contributed by atoms with Crippen molar-refractivity contribution in [2.75, 3.05) is 6.54 Å². The van der Waals surface area contributed by atoms with E-state index in [4.69, 9.17) is 0 Å². The Labute approximate surface area is 114 Å². The van der Waals surface area contributed by atoms with Crippen LogP contribution in [0.2, 0.25) is 0 Å². The molecule has 2 aromatic rings. The molecule has 1 aromatic carbocycles. The zero-order chi connectivity index (χ0) is 13.2. The summed E-state index contributed by atoms with van der Waals surface area (Å²) in [5.74, 6) is 0. The van der Waals surface area contributed by atoms with E-state index in [1.54, 1.807) is 36.5 Å². The molecule has 0 aliphatic carbocycles. The van der Waals surface area contributed by atoms with Crippen LogP contribution in [0.1, 0.15) is 0 Å². The molecule has 0 radical (unpaired) electrons. The maximum atomic E-state index is 12.1. The fourth-order valence-corrected chi connectivity index (χ4v) is 3.13. The van der Waals surface area contributed by atoms with Crippen molar-refractivity contribution in [1.29, 1.82) is 0 Å². The quantitative estimate of drug-likeness (QED) is 0.938. The number of nitrogens with one attached hydrogen (secondary N) is 1. The zero-order valence-corrected chi connectivity index (χ0v) is 11.8. The Morgan fingerprint density at radius 2 is 2.11 bits per heavy atom. The number of halogens is 1. The molecule has 0 saturated carbocycles. The molecule has 94 valence electrons. The molecule has 0 unspecified atom stereocenters. The summed E-state index contributed by atoms with van der Waals surface area (Å²) in [4.78, 5) is 4.36. The third-order valence-electron chi connectivity index (χ3n) is 2.35. The monoisotopic (exact) mass is 326 g/mol. The molecule has 6 heteroatoms. The Morgan fingerprint density at radius 1 is 1.33 bits per heavy atom. The van der Waals surface area contributed by atoms with Crippen molar-refractivity contribution in [3.8, 4) is 0 Å². The molecule has 0 spiro atoms. The summed E-state index contributed by atoms with van der Waals surface area (Å²) < 4.78 is 27.3. The third-order valence-corrected chi connectivity index (χ3v) is 4.09. The Morgan fingerprint density at radius 3 is 2.83 bits per heavy atom. The van der Waals surface area contributed by atoms with Crippen molar-refractivity contribution in [2.24, 2.45) is 0 Å². The summed E-state index contributed by atoms with van der Waals surface area (Å²) in [7, 11) is -3.56. The highest BCUT2D eigenvalue weighted by Gasteiger charge is 2.16. The van der Waals surface area contributed by atoms with Gasteiger partial charge in [0.25, 0.3) is 0 Å². The molecule has 0 bridgehead atoms. The minimum Gasteiger partial charge on any atom is -0.256 e. The summed E-state index contributed by atoms with van der Waals surface area (Å²) in [6.45, 7) is 3.74. The van der Waals surface area contributed by atoms with Crippen LogP contribution in [0.25, 0.3) is 10.9 Å². The molecule has 1 N–H and O–H groups in total. The second kappa shape index (κ2) is 5.17. The minimum absolute atomic E-state index is 0.152. The van der Waals surface area contributed by atoms with Crippen molar-refractivity contribution in [3.63, 3.8) is 0 Å². The molecule has 0 aliphatic heterocycles. The number of hydrogen-bond donors (Lipinski definition) is 1. The van der Waals surface area contributed by atoms with E-state index in [0.717, 1.165) is 0 Å². The minimum atomic E-state index is -3.56. The van der Waals surface area contributed by atoms with Gasteiger partial charge in [-0.15, -0.1) is 0 Å². The Balaban J connectivity index is 2.50. The van der Waals surface area contributed by atoms with E-state index in [1.807, 2.05) is 0 Å². The Bertz CT molecular complexity index is 693. The number of pyridine rings is 1. The average molecular weight is 327 g/mol. The number of fused-ring (bicyclic) bond motifs is 1. The van der Waals surface area contributed by atoms with Crippen LogP contribution in [0, 0.1) is 0 Å². The topological polar surface area (TPSA) is 59.1 Å². The van der Waals surface area contributed by atoms with E-state index < -0.39 is 10.0 Å². The summed E-state index contributed by atoms with van der Waals surface area (Å²) in [5, 5.41) is 0.604. The van der Waals surface area contributed by atoms with Crippen LogP contribution >= 0.6 is 15.9 Å². The SMILES string of the molecule is C=C(Br)CNS(=O)(=O)c1cccc2ncccc12. The van der Waals surface area contributed by atoms with Crippen molar-refractivity contribution >= 4 is 36.9 Å². The molecule has 0 amide bonds. The van der Waals surface area contributed by atoms with Crippen molar-refractivity contribution < 1.29 is 8.42 Å². The van der Waals surface area contributed by atoms with Crippen LogP contribution in [-0.4, -0.2) is 19.9 Å². The molecule has 0 aliphatic rings. The predicted molar refractivity (Wildman–Crippen MR) is 75.0 cm³/mol. The maximum absolute atomic E-state index is 12.1. The van der Waals surface area contributed by atoms with Gasteiger partial charge in [-0.3, -0.25) is 4.98 Å². The van der Waals surface area contributed by atoms with Crippen LogP contribution in [0.5, 0.6) is 0 Å². The number of rotatable bonds is 4. The fraction of sp³-hybridized carbons (Fsp3) is 0.0833. The molecule has 0 saturated heterocycles. The summed E-state index contributed by atoms with van der Waals surface area (Å²) >= 11 is 3.12. The van der Waals surface area contributed by atoms with Crippen molar-refractivity contribution in [2.45, 2.75) is 4.90 Å². The van der Waals surface area contributed by atoms with Crippen molar-refractivity contribution in [3.05, 3.63) is 47.6 Å². The van der Waals surface area contributed by atoms with Crippen LogP contribution in [0.15, 0.2) is 52.5 Å². The summed E-state index contributed by atoms with van der Waals surface area (Å²) in [6, 6.07) is 8.46. The summed E-state index contributed by atoms with van der Waals surface area (Å²) in [5.41, 5.74) is 0.651. The largest absolute Gasteiger partial charge is 0.256 e.